The maximum atomic E-state index is 13.1. The molecule has 2 aliphatic heterocycles. The number of carboxylic acid groups (broad SMARTS) is 1. The Hall–Kier alpha value is -4.05. The summed E-state index contributed by atoms with van der Waals surface area (Å²) in [5.74, 6) is -0.0196. The molecule has 1 saturated heterocycles. The van der Waals surface area contributed by atoms with Crippen LogP contribution >= 0.6 is 0 Å². The number of hydrogen-bond acceptors (Lipinski definition) is 6. The Bertz CT molecular complexity index is 1600. The fourth-order valence-electron chi connectivity index (χ4n) is 7.28. The number of piperidine rings is 1. The normalized spacial score (nSPS) is 27.1. The van der Waals surface area contributed by atoms with Crippen molar-refractivity contribution in [3.63, 3.8) is 0 Å². The van der Waals surface area contributed by atoms with Crippen LogP contribution in [0, 0.1) is 17.8 Å². The molecule has 7 rings (SSSR count). The number of aliphatic carboxylic acids is 1. The Labute approximate surface area is 235 Å². The average Bonchev–Trinajstić information content (AvgIpc) is 3.48. The number of aromatic nitrogens is 2. The molecule has 41 heavy (non-hydrogen) atoms. The maximum absolute atomic E-state index is 13.1. The van der Waals surface area contributed by atoms with Gasteiger partial charge < -0.3 is 24.3 Å². The first-order valence-corrected chi connectivity index (χ1v) is 14.0. The number of carbonyl (C=O) groups is 1. The monoisotopic (exact) mass is 560 g/mol. The smallest absolute Gasteiger partial charge is 0.387 e. The van der Waals surface area contributed by atoms with E-state index in [9.17, 15) is 23.8 Å². The van der Waals surface area contributed by atoms with Crippen LogP contribution in [0.4, 0.5) is 8.78 Å². The predicted molar refractivity (Wildman–Crippen MR) is 148 cm³/mol. The van der Waals surface area contributed by atoms with Gasteiger partial charge in [0.05, 0.1) is 23.4 Å². The maximum Gasteiger partial charge on any atom is 0.387 e. The van der Waals surface area contributed by atoms with Crippen LogP contribution in [0.25, 0.3) is 11.2 Å². The highest BCUT2D eigenvalue weighted by Crippen LogP contribution is 2.47. The topological polar surface area (TPSA) is 99.7 Å². The van der Waals surface area contributed by atoms with Crippen molar-refractivity contribution in [1.29, 1.82) is 0 Å². The van der Waals surface area contributed by atoms with Gasteiger partial charge in [-0.2, -0.15) is 8.78 Å². The molecule has 2 aromatic heterocycles. The third-order valence-electron chi connectivity index (χ3n) is 9.05. The van der Waals surface area contributed by atoms with Crippen LogP contribution in [0.5, 0.6) is 5.75 Å². The second-order valence-electron chi connectivity index (χ2n) is 11.3. The number of rotatable bonds is 6. The molecule has 1 saturated carbocycles. The highest BCUT2D eigenvalue weighted by Gasteiger charge is 2.46. The minimum absolute atomic E-state index is 0.0942. The number of benzene rings is 1. The van der Waals surface area contributed by atoms with E-state index in [1.54, 1.807) is 18.2 Å². The molecule has 10 heteroatoms. The molecule has 212 valence electrons. The average molecular weight is 561 g/mol. The molecule has 0 amide bonds. The van der Waals surface area contributed by atoms with E-state index in [1.807, 2.05) is 28.9 Å². The molecule has 1 unspecified atom stereocenters. The Morgan fingerprint density at radius 3 is 2.61 bits per heavy atom. The summed E-state index contributed by atoms with van der Waals surface area (Å²) in [5, 5.41) is 20.5. The first-order valence-electron chi connectivity index (χ1n) is 14.0. The molecule has 4 aliphatic rings. The molecule has 2 N–H and O–H groups in total. The van der Waals surface area contributed by atoms with E-state index < -0.39 is 18.7 Å². The molecule has 4 heterocycles. The summed E-state index contributed by atoms with van der Waals surface area (Å²) in [6.45, 7) is -1.53. The van der Waals surface area contributed by atoms with Crippen LogP contribution in [0.15, 0.2) is 65.6 Å². The predicted octanol–water partition coefficient (Wildman–Crippen LogP) is 5.25. The lowest BCUT2D eigenvalue weighted by Gasteiger charge is -2.37. The van der Waals surface area contributed by atoms with Crippen LogP contribution in [-0.4, -0.2) is 56.4 Å². The quantitative estimate of drug-likeness (QED) is 0.428. The third kappa shape index (κ3) is 4.50. The van der Waals surface area contributed by atoms with Gasteiger partial charge >= 0.3 is 12.6 Å². The molecule has 3 aromatic rings. The molecule has 2 bridgehead atoms. The minimum Gasteiger partial charge on any atom is -0.481 e. The van der Waals surface area contributed by atoms with Gasteiger partial charge in [0.1, 0.15) is 17.2 Å². The van der Waals surface area contributed by atoms with E-state index in [0.29, 0.717) is 42.8 Å². The van der Waals surface area contributed by atoms with Crippen molar-refractivity contribution < 1.29 is 28.5 Å². The van der Waals surface area contributed by atoms with Crippen molar-refractivity contribution in [3.8, 4) is 5.75 Å². The summed E-state index contributed by atoms with van der Waals surface area (Å²) in [4.78, 5) is 23.5. The summed E-state index contributed by atoms with van der Waals surface area (Å²) in [5.41, 5.74) is 4.41. The number of nitrogens with zero attached hydrogens (tertiary/aromatic N) is 4. The zero-order valence-electron chi connectivity index (χ0n) is 22.2. The number of fused-ring (bicyclic) bond motifs is 5. The minimum atomic E-state index is -2.95. The number of aliphatic hydroxyl groups is 1. The Morgan fingerprint density at radius 2 is 1.85 bits per heavy atom. The van der Waals surface area contributed by atoms with Gasteiger partial charge in [0, 0.05) is 37.0 Å². The number of imidazole rings is 1. The standard InChI is InChI=1S/C31H30F2N4O4/c32-31(33)41-24-6-2-1-5-21(24)22-12-23(38)28-29(22)37-16-18(10-11-26(37)35-28)17-4-3-7-25(34-13-17)36-14-19-8-9-20(15-36)27(19)30(39)40/h1-2,4-7,10-11,13,16,19-20,22-23,27,31,38H,3,8-9,12,14-15H2,(H,39,40)/t19-,20+,22-,23-,27?/m1/s1. The Balaban J connectivity index is 1.18. The highest BCUT2D eigenvalue weighted by molar-refractivity contribution is 6.10. The van der Waals surface area contributed by atoms with E-state index in [4.69, 9.17) is 9.73 Å². The number of para-hydroxylation sites is 1. The molecule has 2 aliphatic carbocycles. The van der Waals surface area contributed by atoms with Crippen molar-refractivity contribution in [1.82, 2.24) is 14.3 Å². The SMILES string of the molecule is O=C(O)C1[C@@H]2CC[C@H]1CN(C1=CCC=C(c3ccc4nc5c(n4c3)[C@@H](c3ccccc3OC(F)F)C[C@H]5O)C=N1)C2. The first kappa shape index (κ1) is 25.9. The fraction of sp³-hybridized carbons (Fsp3) is 0.387. The number of ether oxygens (including phenoxy) is 1. The Morgan fingerprint density at radius 1 is 1.07 bits per heavy atom. The van der Waals surface area contributed by atoms with Gasteiger partial charge in [0.25, 0.3) is 0 Å². The van der Waals surface area contributed by atoms with Crippen molar-refractivity contribution in [2.45, 2.75) is 44.3 Å². The van der Waals surface area contributed by atoms with E-state index in [1.165, 1.54) is 6.07 Å². The van der Waals surface area contributed by atoms with Gasteiger partial charge in [-0.15, -0.1) is 0 Å². The lowest BCUT2D eigenvalue weighted by molar-refractivity contribution is -0.146. The number of carboxylic acids is 1. The summed E-state index contributed by atoms with van der Waals surface area (Å²) in [7, 11) is 0. The van der Waals surface area contributed by atoms with Crippen LogP contribution in [0.2, 0.25) is 0 Å². The highest BCUT2D eigenvalue weighted by atomic mass is 19.3. The van der Waals surface area contributed by atoms with Crippen molar-refractivity contribution in [3.05, 3.63) is 83.1 Å². The molecule has 1 aromatic carbocycles. The summed E-state index contributed by atoms with van der Waals surface area (Å²) < 4.78 is 33.0. The van der Waals surface area contributed by atoms with Crippen LogP contribution in [0.3, 0.4) is 0 Å². The summed E-state index contributed by atoms with van der Waals surface area (Å²) in [6, 6.07) is 10.6. The van der Waals surface area contributed by atoms with Crippen molar-refractivity contribution >= 4 is 23.4 Å². The van der Waals surface area contributed by atoms with Crippen molar-refractivity contribution in [2.24, 2.45) is 22.7 Å². The van der Waals surface area contributed by atoms with Crippen LogP contribution in [0.1, 0.15) is 60.2 Å². The zero-order valence-corrected chi connectivity index (χ0v) is 22.2. The van der Waals surface area contributed by atoms with Crippen LogP contribution < -0.4 is 4.74 Å². The number of hydrogen-bond donors (Lipinski definition) is 2. The Kier molecular flexibility index (Phi) is 6.37. The van der Waals surface area contributed by atoms with E-state index >= 15 is 0 Å². The second kappa shape index (κ2) is 10.1. The number of aliphatic imine (C=N–C) groups is 1. The number of halogens is 2. The van der Waals surface area contributed by atoms with E-state index in [0.717, 1.165) is 35.5 Å². The molecular weight excluding hydrogens is 530 g/mol. The van der Waals surface area contributed by atoms with Gasteiger partial charge in [-0.3, -0.25) is 4.79 Å². The largest absolute Gasteiger partial charge is 0.481 e. The molecule has 0 spiro atoms. The van der Waals surface area contributed by atoms with Gasteiger partial charge in [-0.05, 0) is 72.9 Å². The number of likely N-dealkylation sites (tertiary alicyclic amines) is 1. The molecule has 0 radical (unpaired) electrons. The molecule has 8 nitrogen and oxygen atoms in total. The number of pyridine rings is 1. The van der Waals surface area contributed by atoms with Crippen molar-refractivity contribution in [2.75, 3.05) is 13.1 Å². The summed E-state index contributed by atoms with van der Waals surface area (Å²) in [6.07, 6.45) is 10.1. The second-order valence-corrected chi connectivity index (χ2v) is 11.3. The summed E-state index contributed by atoms with van der Waals surface area (Å²) >= 11 is 0. The number of allylic oxidation sites excluding steroid dienone is 3. The van der Waals surface area contributed by atoms with Gasteiger partial charge in [0.2, 0.25) is 0 Å². The fourth-order valence-corrected chi connectivity index (χ4v) is 7.28. The number of aliphatic hydroxyl groups excluding tert-OH is 1. The molecule has 5 atom stereocenters. The van der Waals surface area contributed by atoms with E-state index in [-0.39, 0.29) is 29.4 Å². The van der Waals surface area contributed by atoms with Crippen LogP contribution in [-0.2, 0) is 4.79 Å². The van der Waals surface area contributed by atoms with Gasteiger partial charge in [-0.25, -0.2) is 9.98 Å². The first-order chi connectivity index (χ1) is 19.9. The van der Waals surface area contributed by atoms with Gasteiger partial charge in [0.15, 0.2) is 0 Å². The molecular formula is C31H30F2N4O4. The number of alkyl halides is 2. The van der Waals surface area contributed by atoms with E-state index in [2.05, 4.69) is 22.0 Å². The lowest BCUT2D eigenvalue weighted by Crippen LogP contribution is -2.43. The molecule has 2 fully saturated rings. The zero-order chi connectivity index (χ0) is 28.2. The van der Waals surface area contributed by atoms with Gasteiger partial charge in [-0.1, -0.05) is 24.3 Å². The lowest BCUT2D eigenvalue weighted by atomic mass is 9.85. The third-order valence-corrected chi connectivity index (χ3v) is 9.05.